The number of aryl methyl sites for hydroxylation is 1. The Morgan fingerprint density at radius 1 is 1.14 bits per heavy atom. The normalized spacial score (nSPS) is 11.0. The summed E-state index contributed by atoms with van der Waals surface area (Å²) >= 11 is 6.32. The van der Waals surface area contributed by atoms with Gasteiger partial charge in [-0.1, -0.05) is 17.7 Å². The van der Waals surface area contributed by atoms with Gasteiger partial charge in [-0.15, -0.1) is 0 Å². The van der Waals surface area contributed by atoms with Crippen molar-refractivity contribution in [1.82, 2.24) is 9.97 Å². The molecule has 0 saturated heterocycles. The van der Waals surface area contributed by atoms with Crippen LogP contribution in [0, 0.1) is 18.6 Å². The molecule has 2 aromatic heterocycles. The molecule has 0 atom stereocenters. The van der Waals surface area contributed by atoms with Crippen LogP contribution in [-0.2, 0) is 0 Å². The molecule has 2 aromatic carbocycles. The molecule has 0 saturated carbocycles. The average Bonchev–Trinajstić information content (AvgIpc) is 3.00. The molecule has 0 aliphatic rings. The van der Waals surface area contributed by atoms with E-state index in [9.17, 15) is 13.6 Å². The maximum atomic E-state index is 13.7. The molecule has 28 heavy (non-hydrogen) atoms. The molecule has 0 fully saturated rings. The van der Waals surface area contributed by atoms with Crippen molar-refractivity contribution in [2.45, 2.75) is 6.92 Å². The van der Waals surface area contributed by atoms with Gasteiger partial charge in [-0.2, -0.15) is 0 Å². The number of oxazole rings is 1. The molecule has 8 heteroatoms. The monoisotopic (exact) mass is 399 g/mol. The molecule has 4 rings (SSSR count). The molecule has 1 N–H and O–H groups in total. The fraction of sp³-hybridized carbons (Fsp3) is 0.0500. The number of pyridine rings is 1. The Kier molecular flexibility index (Phi) is 4.52. The van der Waals surface area contributed by atoms with E-state index >= 15 is 0 Å². The molecule has 1 amide bonds. The number of carbonyl (C=O) groups is 1. The zero-order valence-corrected chi connectivity index (χ0v) is 15.2. The standard InChI is InChI=1S/C20H12ClF2N3O2/c1-10-25-16-8-13(21)12(7-17(16)28-10)11-5-6-18(24-9-11)26-20(27)19-14(22)3-2-4-15(19)23/h2-9H,1H3,(H,24,26,27). The zero-order valence-electron chi connectivity index (χ0n) is 14.5. The second-order valence-corrected chi connectivity index (χ2v) is 6.42. The minimum Gasteiger partial charge on any atom is -0.441 e. The predicted molar refractivity (Wildman–Crippen MR) is 101 cm³/mol. The number of hydrogen-bond donors (Lipinski definition) is 1. The summed E-state index contributed by atoms with van der Waals surface area (Å²) < 4.78 is 32.9. The Bertz CT molecular complexity index is 1190. The van der Waals surface area contributed by atoms with Gasteiger partial charge in [0.15, 0.2) is 11.5 Å². The number of hydrogen-bond acceptors (Lipinski definition) is 4. The van der Waals surface area contributed by atoms with Gasteiger partial charge in [0, 0.05) is 24.2 Å². The first kappa shape index (κ1) is 18.1. The number of carbonyl (C=O) groups excluding carboxylic acids is 1. The van der Waals surface area contributed by atoms with Crippen LogP contribution in [0.25, 0.3) is 22.2 Å². The lowest BCUT2D eigenvalue weighted by atomic mass is 10.1. The number of anilines is 1. The van der Waals surface area contributed by atoms with Crippen molar-refractivity contribution in [2.75, 3.05) is 5.32 Å². The minimum absolute atomic E-state index is 0.143. The summed E-state index contributed by atoms with van der Waals surface area (Å²) in [4.78, 5) is 20.5. The highest BCUT2D eigenvalue weighted by Gasteiger charge is 2.17. The topological polar surface area (TPSA) is 68.0 Å². The second kappa shape index (κ2) is 7.01. The maximum absolute atomic E-state index is 13.7. The summed E-state index contributed by atoms with van der Waals surface area (Å²) in [6.45, 7) is 1.74. The van der Waals surface area contributed by atoms with Crippen molar-refractivity contribution in [1.29, 1.82) is 0 Å². The van der Waals surface area contributed by atoms with Gasteiger partial charge < -0.3 is 9.73 Å². The van der Waals surface area contributed by atoms with Crippen molar-refractivity contribution in [3.63, 3.8) is 0 Å². The Balaban J connectivity index is 1.61. The largest absolute Gasteiger partial charge is 0.441 e. The van der Waals surface area contributed by atoms with E-state index in [0.29, 0.717) is 33.1 Å². The van der Waals surface area contributed by atoms with Gasteiger partial charge in [0.05, 0.1) is 5.02 Å². The number of benzene rings is 2. The zero-order chi connectivity index (χ0) is 19.8. The van der Waals surface area contributed by atoms with Crippen LogP contribution in [0.15, 0.2) is 53.1 Å². The summed E-state index contributed by atoms with van der Waals surface area (Å²) in [5.41, 5.74) is 1.92. The van der Waals surface area contributed by atoms with E-state index in [1.165, 1.54) is 18.3 Å². The number of halogens is 3. The molecule has 0 unspecified atom stereocenters. The lowest BCUT2D eigenvalue weighted by molar-refractivity contribution is 0.101. The van der Waals surface area contributed by atoms with Gasteiger partial charge in [-0.3, -0.25) is 4.79 Å². The third-order valence-electron chi connectivity index (χ3n) is 4.09. The molecule has 0 bridgehead atoms. The quantitative estimate of drug-likeness (QED) is 0.502. The summed E-state index contributed by atoms with van der Waals surface area (Å²) in [5, 5.41) is 2.84. The van der Waals surface area contributed by atoms with Crippen LogP contribution in [0.2, 0.25) is 5.02 Å². The van der Waals surface area contributed by atoms with Gasteiger partial charge in [0.1, 0.15) is 28.5 Å². The maximum Gasteiger partial charge on any atom is 0.262 e. The fourth-order valence-electron chi connectivity index (χ4n) is 2.81. The molecular weight excluding hydrogens is 388 g/mol. The summed E-state index contributed by atoms with van der Waals surface area (Å²) in [5.74, 6) is -2.15. The molecule has 0 spiro atoms. The third-order valence-corrected chi connectivity index (χ3v) is 4.40. The Morgan fingerprint density at radius 3 is 2.57 bits per heavy atom. The molecule has 5 nitrogen and oxygen atoms in total. The van der Waals surface area contributed by atoms with E-state index in [1.807, 2.05) is 0 Å². The van der Waals surface area contributed by atoms with Crippen LogP contribution >= 0.6 is 11.6 Å². The van der Waals surface area contributed by atoms with Crippen LogP contribution < -0.4 is 5.32 Å². The average molecular weight is 400 g/mol. The molecular formula is C20H12ClF2N3O2. The molecule has 2 heterocycles. The van der Waals surface area contributed by atoms with E-state index < -0.39 is 23.1 Å². The lowest BCUT2D eigenvalue weighted by Gasteiger charge is -2.08. The lowest BCUT2D eigenvalue weighted by Crippen LogP contribution is -2.16. The van der Waals surface area contributed by atoms with Crippen molar-refractivity contribution in [3.05, 3.63) is 76.8 Å². The van der Waals surface area contributed by atoms with Crippen LogP contribution in [-0.4, -0.2) is 15.9 Å². The highest BCUT2D eigenvalue weighted by atomic mass is 35.5. The Labute approximate surface area is 163 Å². The summed E-state index contributed by atoms with van der Waals surface area (Å²) in [6, 6.07) is 9.84. The van der Waals surface area contributed by atoms with Crippen LogP contribution in [0.4, 0.5) is 14.6 Å². The highest BCUT2D eigenvalue weighted by molar-refractivity contribution is 6.34. The molecule has 0 aliphatic carbocycles. The van der Waals surface area contributed by atoms with Gasteiger partial charge in [-0.25, -0.2) is 18.7 Å². The van der Waals surface area contributed by atoms with Crippen molar-refractivity contribution < 1.29 is 18.0 Å². The first-order valence-corrected chi connectivity index (χ1v) is 8.58. The second-order valence-electron chi connectivity index (χ2n) is 6.02. The van der Waals surface area contributed by atoms with Gasteiger partial charge in [0.25, 0.3) is 5.91 Å². The molecule has 0 aliphatic heterocycles. The van der Waals surface area contributed by atoms with E-state index in [-0.39, 0.29) is 5.82 Å². The smallest absolute Gasteiger partial charge is 0.262 e. The van der Waals surface area contributed by atoms with Crippen LogP contribution in [0.3, 0.4) is 0 Å². The first-order valence-electron chi connectivity index (χ1n) is 8.21. The number of amides is 1. The van der Waals surface area contributed by atoms with E-state index in [2.05, 4.69) is 15.3 Å². The van der Waals surface area contributed by atoms with Crippen LogP contribution in [0.1, 0.15) is 16.2 Å². The highest BCUT2D eigenvalue weighted by Crippen LogP contribution is 2.32. The van der Waals surface area contributed by atoms with Gasteiger partial charge in [0.2, 0.25) is 0 Å². The van der Waals surface area contributed by atoms with Gasteiger partial charge in [-0.05, 0) is 36.4 Å². The molecule has 0 radical (unpaired) electrons. The number of rotatable bonds is 3. The minimum atomic E-state index is -0.948. The van der Waals surface area contributed by atoms with Crippen molar-refractivity contribution in [3.8, 4) is 11.1 Å². The summed E-state index contributed by atoms with van der Waals surface area (Å²) in [6.07, 6.45) is 1.49. The number of nitrogens with zero attached hydrogens (tertiary/aromatic N) is 2. The SMILES string of the molecule is Cc1nc2cc(Cl)c(-c3ccc(NC(=O)c4c(F)cccc4F)nc3)cc2o1. The molecule has 140 valence electrons. The van der Waals surface area contributed by atoms with E-state index in [0.717, 1.165) is 12.1 Å². The van der Waals surface area contributed by atoms with E-state index in [4.69, 9.17) is 16.0 Å². The predicted octanol–water partition coefficient (Wildman–Crippen LogP) is 5.38. The summed E-state index contributed by atoms with van der Waals surface area (Å²) in [7, 11) is 0. The Hall–Kier alpha value is -3.32. The fourth-order valence-corrected chi connectivity index (χ4v) is 3.07. The van der Waals surface area contributed by atoms with Crippen LogP contribution in [0.5, 0.6) is 0 Å². The van der Waals surface area contributed by atoms with Crippen molar-refractivity contribution >= 4 is 34.4 Å². The molecule has 4 aromatic rings. The number of aromatic nitrogens is 2. The van der Waals surface area contributed by atoms with Crippen molar-refractivity contribution in [2.24, 2.45) is 0 Å². The number of fused-ring (bicyclic) bond motifs is 1. The third kappa shape index (κ3) is 3.32. The first-order chi connectivity index (χ1) is 13.4. The Morgan fingerprint density at radius 2 is 1.89 bits per heavy atom. The number of nitrogens with one attached hydrogen (secondary N) is 1. The van der Waals surface area contributed by atoms with E-state index in [1.54, 1.807) is 25.1 Å². The van der Waals surface area contributed by atoms with Gasteiger partial charge >= 0.3 is 0 Å².